The summed E-state index contributed by atoms with van der Waals surface area (Å²) >= 11 is 1.59. The van der Waals surface area contributed by atoms with Gasteiger partial charge in [0.2, 0.25) is 0 Å². The van der Waals surface area contributed by atoms with E-state index in [1.165, 1.54) is 0 Å². The molecular formula is C10H9N3OS. The minimum atomic E-state index is 0.0188. The van der Waals surface area contributed by atoms with E-state index in [9.17, 15) is 0 Å². The van der Waals surface area contributed by atoms with E-state index < -0.39 is 0 Å². The van der Waals surface area contributed by atoms with Crippen molar-refractivity contribution in [3.8, 4) is 16.6 Å². The standard InChI is InChI=1S/C10H9N3OS/c11-7-8-6-9(10-2-1-5-15-10)13(12-8)3-4-14/h1-2,5-6,14H,3-4H2. The number of aromatic nitrogens is 2. The Kier molecular flexibility index (Phi) is 2.81. The van der Waals surface area contributed by atoms with Crippen LogP contribution >= 0.6 is 11.3 Å². The van der Waals surface area contributed by atoms with Crippen LogP contribution in [0.3, 0.4) is 0 Å². The molecule has 0 fully saturated rings. The lowest BCUT2D eigenvalue weighted by molar-refractivity contribution is 0.270. The fraction of sp³-hybridized carbons (Fsp3) is 0.200. The molecule has 4 nitrogen and oxygen atoms in total. The van der Waals surface area contributed by atoms with Crippen molar-refractivity contribution in [3.05, 3.63) is 29.3 Å². The van der Waals surface area contributed by atoms with Crippen molar-refractivity contribution in [2.24, 2.45) is 0 Å². The molecule has 0 radical (unpaired) electrons. The molecule has 0 saturated heterocycles. The van der Waals surface area contributed by atoms with E-state index in [1.807, 2.05) is 23.6 Å². The monoisotopic (exact) mass is 219 g/mol. The number of aliphatic hydroxyl groups excluding tert-OH is 1. The minimum Gasteiger partial charge on any atom is -0.394 e. The Morgan fingerprint density at radius 3 is 3.07 bits per heavy atom. The first-order valence-corrected chi connectivity index (χ1v) is 5.36. The average molecular weight is 219 g/mol. The maximum atomic E-state index is 8.88. The summed E-state index contributed by atoms with van der Waals surface area (Å²) in [5.41, 5.74) is 1.27. The molecule has 2 heterocycles. The second-order valence-corrected chi connectivity index (χ2v) is 3.90. The third kappa shape index (κ3) is 1.91. The summed E-state index contributed by atoms with van der Waals surface area (Å²) in [5, 5.41) is 23.7. The zero-order valence-corrected chi connectivity index (χ0v) is 8.74. The maximum absolute atomic E-state index is 8.88. The van der Waals surface area contributed by atoms with Crippen molar-refractivity contribution in [1.29, 1.82) is 5.26 Å². The van der Waals surface area contributed by atoms with Crippen LogP contribution in [0, 0.1) is 11.3 Å². The first kappa shape index (κ1) is 9.90. The molecule has 0 unspecified atom stereocenters. The predicted octanol–water partition coefficient (Wildman–Crippen LogP) is 1.48. The number of thiophene rings is 1. The molecule has 0 aliphatic carbocycles. The molecule has 2 rings (SSSR count). The van der Waals surface area contributed by atoms with Crippen LogP contribution in [0.2, 0.25) is 0 Å². The summed E-state index contributed by atoms with van der Waals surface area (Å²) < 4.78 is 1.66. The van der Waals surface area contributed by atoms with Gasteiger partial charge in [0.1, 0.15) is 6.07 Å². The minimum absolute atomic E-state index is 0.0188. The van der Waals surface area contributed by atoms with E-state index in [-0.39, 0.29) is 6.61 Å². The highest BCUT2D eigenvalue weighted by atomic mass is 32.1. The summed E-state index contributed by atoms with van der Waals surface area (Å²) in [4.78, 5) is 1.05. The van der Waals surface area contributed by atoms with Gasteiger partial charge in [-0.15, -0.1) is 11.3 Å². The molecule has 0 saturated carbocycles. The SMILES string of the molecule is N#Cc1cc(-c2cccs2)n(CCO)n1. The molecule has 2 aromatic heterocycles. The van der Waals surface area contributed by atoms with Gasteiger partial charge in [-0.2, -0.15) is 10.4 Å². The van der Waals surface area contributed by atoms with Gasteiger partial charge in [-0.05, 0) is 11.4 Å². The lowest BCUT2D eigenvalue weighted by atomic mass is 10.3. The molecule has 0 aromatic carbocycles. The van der Waals surface area contributed by atoms with Crippen LogP contribution in [-0.4, -0.2) is 21.5 Å². The van der Waals surface area contributed by atoms with Gasteiger partial charge >= 0.3 is 0 Å². The Labute approximate surface area is 91.0 Å². The van der Waals surface area contributed by atoms with E-state index in [1.54, 1.807) is 22.1 Å². The van der Waals surface area contributed by atoms with Gasteiger partial charge in [0.15, 0.2) is 5.69 Å². The third-order valence-corrected chi connectivity index (χ3v) is 2.87. The van der Waals surface area contributed by atoms with E-state index in [2.05, 4.69) is 5.10 Å². The van der Waals surface area contributed by atoms with Crippen LogP contribution in [-0.2, 0) is 6.54 Å². The van der Waals surface area contributed by atoms with E-state index in [0.717, 1.165) is 10.6 Å². The van der Waals surface area contributed by atoms with Gasteiger partial charge in [-0.25, -0.2) is 0 Å². The van der Waals surface area contributed by atoms with Gasteiger partial charge in [-0.3, -0.25) is 4.68 Å². The molecular weight excluding hydrogens is 210 g/mol. The van der Waals surface area contributed by atoms with Crippen molar-refractivity contribution in [1.82, 2.24) is 9.78 Å². The van der Waals surface area contributed by atoms with Gasteiger partial charge in [-0.1, -0.05) is 6.07 Å². The molecule has 5 heteroatoms. The molecule has 0 bridgehead atoms. The lowest BCUT2D eigenvalue weighted by Crippen LogP contribution is -2.05. The Morgan fingerprint density at radius 2 is 2.47 bits per heavy atom. The summed E-state index contributed by atoms with van der Waals surface area (Å²) in [6.45, 7) is 0.430. The second-order valence-electron chi connectivity index (χ2n) is 2.95. The molecule has 1 N–H and O–H groups in total. The molecule has 0 aliphatic rings. The predicted molar refractivity (Wildman–Crippen MR) is 57.3 cm³/mol. The van der Waals surface area contributed by atoms with Crippen LogP contribution in [0.4, 0.5) is 0 Å². The Morgan fingerprint density at radius 1 is 1.60 bits per heavy atom. The number of aliphatic hydroxyl groups is 1. The van der Waals surface area contributed by atoms with Crippen LogP contribution in [0.25, 0.3) is 10.6 Å². The largest absolute Gasteiger partial charge is 0.394 e. The molecule has 15 heavy (non-hydrogen) atoms. The summed E-state index contributed by atoms with van der Waals surface area (Å²) in [6.07, 6.45) is 0. The van der Waals surface area contributed by atoms with Crippen LogP contribution in [0.5, 0.6) is 0 Å². The summed E-state index contributed by atoms with van der Waals surface area (Å²) in [7, 11) is 0. The number of rotatable bonds is 3. The van der Waals surface area contributed by atoms with Crippen LogP contribution < -0.4 is 0 Å². The maximum Gasteiger partial charge on any atom is 0.163 e. The topological polar surface area (TPSA) is 61.8 Å². The summed E-state index contributed by atoms with van der Waals surface area (Å²) in [5.74, 6) is 0. The zero-order valence-electron chi connectivity index (χ0n) is 7.92. The first-order chi connectivity index (χ1) is 7.35. The number of nitriles is 1. The smallest absolute Gasteiger partial charge is 0.163 e. The Bertz CT molecular complexity index is 481. The molecule has 0 amide bonds. The quantitative estimate of drug-likeness (QED) is 0.850. The van der Waals surface area contributed by atoms with Crippen LogP contribution in [0.15, 0.2) is 23.6 Å². The van der Waals surface area contributed by atoms with Gasteiger partial charge in [0.25, 0.3) is 0 Å². The Hall–Kier alpha value is -1.64. The van der Waals surface area contributed by atoms with Gasteiger partial charge in [0, 0.05) is 6.07 Å². The highest BCUT2D eigenvalue weighted by molar-refractivity contribution is 7.13. The third-order valence-electron chi connectivity index (χ3n) is 1.98. The fourth-order valence-corrected chi connectivity index (χ4v) is 2.11. The summed E-state index contributed by atoms with van der Waals surface area (Å²) in [6, 6.07) is 7.65. The van der Waals surface area contributed by atoms with Gasteiger partial charge in [0.05, 0.1) is 23.7 Å². The normalized spacial score (nSPS) is 10.1. The van der Waals surface area contributed by atoms with E-state index in [4.69, 9.17) is 10.4 Å². The molecule has 0 atom stereocenters. The Balaban J connectivity index is 2.45. The number of hydrogen-bond acceptors (Lipinski definition) is 4. The van der Waals surface area contributed by atoms with Crippen molar-refractivity contribution in [2.75, 3.05) is 6.61 Å². The molecule has 0 spiro atoms. The van der Waals surface area contributed by atoms with Crippen molar-refractivity contribution in [2.45, 2.75) is 6.54 Å². The molecule has 2 aromatic rings. The van der Waals surface area contributed by atoms with E-state index in [0.29, 0.717) is 12.2 Å². The highest BCUT2D eigenvalue weighted by Gasteiger charge is 2.09. The lowest BCUT2D eigenvalue weighted by Gasteiger charge is -2.02. The molecule has 0 aliphatic heterocycles. The highest BCUT2D eigenvalue weighted by Crippen LogP contribution is 2.25. The van der Waals surface area contributed by atoms with E-state index >= 15 is 0 Å². The van der Waals surface area contributed by atoms with Crippen molar-refractivity contribution in [3.63, 3.8) is 0 Å². The number of hydrogen-bond donors (Lipinski definition) is 1. The van der Waals surface area contributed by atoms with Crippen molar-refractivity contribution < 1.29 is 5.11 Å². The van der Waals surface area contributed by atoms with Crippen LogP contribution in [0.1, 0.15) is 5.69 Å². The molecule has 76 valence electrons. The second kappa shape index (κ2) is 4.26. The van der Waals surface area contributed by atoms with Gasteiger partial charge < -0.3 is 5.11 Å². The first-order valence-electron chi connectivity index (χ1n) is 4.48. The average Bonchev–Trinajstić information content (AvgIpc) is 2.85. The van der Waals surface area contributed by atoms with Crippen molar-refractivity contribution >= 4 is 11.3 Å². The zero-order chi connectivity index (χ0) is 10.7. The number of nitrogens with zero attached hydrogens (tertiary/aromatic N) is 3. The fourth-order valence-electron chi connectivity index (χ4n) is 1.36.